The van der Waals surface area contributed by atoms with Gasteiger partial charge in [-0.2, -0.15) is 0 Å². The Kier molecular flexibility index (Phi) is 5.68. The lowest BCUT2D eigenvalue weighted by Crippen LogP contribution is -2.36. The fourth-order valence-corrected chi connectivity index (χ4v) is 3.48. The first-order chi connectivity index (χ1) is 12.6. The Morgan fingerprint density at radius 3 is 2.62 bits per heavy atom. The van der Waals surface area contributed by atoms with Crippen LogP contribution in [-0.2, 0) is 13.1 Å². The van der Waals surface area contributed by atoms with Crippen molar-refractivity contribution >= 4 is 17.3 Å². The second kappa shape index (κ2) is 8.14. The highest BCUT2D eigenvalue weighted by Gasteiger charge is 2.08. The van der Waals surface area contributed by atoms with Gasteiger partial charge in [-0.15, -0.1) is 11.3 Å². The second-order valence-corrected chi connectivity index (χ2v) is 7.29. The molecule has 2 N–H and O–H groups in total. The third-order valence-electron chi connectivity index (χ3n) is 4.01. The van der Waals surface area contributed by atoms with Crippen LogP contribution in [0.5, 0.6) is 0 Å². The highest BCUT2D eigenvalue weighted by atomic mass is 32.1. The summed E-state index contributed by atoms with van der Waals surface area (Å²) in [4.78, 5) is 10.9. The molecule has 2 aromatic heterocycles. The van der Waals surface area contributed by atoms with E-state index in [2.05, 4.69) is 39.7 Å². The summed E-state index contributed by atoms with van der Waals surface area (Å²) < 4.78 is 16.2. The number of hydrogen-bond acceptors (Lipinski definition) is 3. The van der Waals surface area contributed by atoms with E-state index in [-0.39, 0.29) is 5.82 Å². The zero-order valence-electron chi connectivity index (χ0n) is 15.1. The Labute approximate surface area is 156 Å². The van der Waals surface area contributed by atoms with Gasteiger partial charge in [0.25, 0.3) is 0 Å². The van der Waals surface area contributed by atoms with Crippen LogP contribution in [0.2, 0.25) is 0 Å². The molecule has 26 heavy (non-hydrogen) atoms. The lowest BCUT2D eigenvalue weighted by Gasteiger charge is -2.12. The van der Waals surface area contributed by atoms with Gasteiger partial charge in [0.15, 0.2) is 5.96 Å². The number of halogens is 1. The Hall–Kier alpha value is -2.67. The minimum absolute atomic E-state index is 0.276. The first-order valence-corrected chi connectivity index (χ1v) is 9.17. The first-order valence-electron chi connectivity index (χ1n) is 8.35. The topological polar surface area (TPSA) is 54.2 Å². The summed E-state index contributed by atoms with van der Waals surface area (Å²) in [5.41, 5.74) is 1.35. The van der Waals surface area contributed by atoms with Crippen molar-refractivity contribution in [3.05, 3.63) is 69.7 Å². The first kappa shape index (κ1) is 18.1. The number of imidazole rings is 1. The predicted octanol–water partition coefficient (Wildman–Crippen LogP) is 3.55. The Morgan fingerprint density at radius 1 is 1.19 bits per heavy atom. The molecule has 1 aromatic carbocycles. The van der Waals surface area contributed by atoms with E-state index in [1.54, 1.807) is 41.4 Å². The van der Waals surface area contributed by atoms with Crippen LogP contribution in [0.1, 0.15) is 21.1 Å². The lowest BCUT2D eigenvalue weighted by molar-refractivity contribution is 0.613. The molecule has 0 fully saturated rings. The van der Waals surface area contributed by atoms with Gasteiger partial charge in [0.2, 0.25) is 0 Å². The van der Waals surface area contributed by atoms with Gasteiger partial charge < -0.3 is 15.2 Å². The molecule has 0 bridgehead atoms. The van der Waals surface area contributed by atoms with Crippen molar-refractivity contribution in [3.8, 4) is 5.69 Å². The average Bonchev–Trinajstić information content (AvgIpc) is 3.23. The predicted molar refractivity (Wildman–Crippen MR) is 104 cm³/mol. The lowest BCUT2D eigenvalue weighted by atomic mass is 10.2. The van der Waals surface area contributed by atoms with Crippen molar-refractivity contribution in [1.82, 2.24) is 20.2 Å². The van der Waals surface area contributed by atoms with Crippen molar-refractivity contribution in [1.29, 1.82) is 0 Å². The van der Waals surface area contributed by atoms with Crippen LogP contribution in [0.25, 0.3) is 5.69 Å². The number of aryl methyl sites for hydroxylation is 2. The Balaban J connectivity index is 1.60. The van der Waals surface area contributed by atoms with Crippen molar-refractivity contribution in [2.24, 2.45) is 4.99 Å². The number of rotatable bonds is 5. The molecule has 0 aliphatic carbocycles. The highest BCUT2D eigenvalue weighted by Crippen LogP contribution is 2.17. The number of aromatic nitrogens is 2. The Morgan fingerprint density at radius 2 is 2.00 bits per heavy atom. The molecular weight excluding hydrogens is 349 g/mol. The maximum atomic E-state index is 14.5. The number of guanidine groups is 1. The summed E-state index contributed by atoms with van der Waals surface area (Å²) >= 11 is 1.76. The molecule has 0 unspecified atom stereocenters. The number of thiophene rings is 1. The molecular formula is C19H22FN5S. The maximum Gasteiger partial charge on any atom is 0.191 e. The van der Waals surface area contributed by atoms with E-state index in [9.17, 15) is 4.39 Å². The molecule has 3 rings (SSSR count). The van der Waals surface area contributed by atoms with E-state index < -0.39 is 0 Å². The highest BCUT2D eigenvalue weighted by molar-refractivity contribution is 7.11. The van der Waals surface area contributed by atoms with E-state index in [4.69, 9.17) is 0 Å². The third-order valence-corrected chi connectivity index (χ3v) is 5.01. The standard InChI is InChI=1S/C19H22FN5S/c1-13-4-6-16(26-13)12-24-19(21-3)23-11-15-5-7-18(17(20)10-15)25-9-8-22-14(25)2/h4-10H,11-12H2,1-3H3,(H2,21,23,24). The van der Waals surface area contributed by atoms with Gasteiger partial charge >= 0.3 is 0 Å². The normalized spacial score (nSPS) is 11.6. The fourth-order valence-electron chi connectivity index (χ4n) is 2.65. The largest absolute Gasteiger partial charge is 0.352 e. The summed E-state index contributed by atoms with van der Waals surface area (Å²) in [5.74, 6) is 1.16. The third kappa shape index (κ3) is 4.29. The zero-order valence-corrected chi connectivity index (χ0v) is 15.9. The van der Waals surface area contributed by atoms with Gasteiger partial charge in [0.1, 0.15) is 11.6 Å². The number of aliphatic imine (C=N–C) groups is 1. The van der Waals surface area contributed by atoms with Crippen molar-refractivity contribution in [2.75, 3.05) is 7.05 Å². The van der Waals surface area contributed by atoms with Crippen LogP contribution in [0.3, 0.4) is 0 Å². The van der Waals surface area contributed by atoms with Crippen LogP contribution in [0.4, 0.5) is 4.39 Å². The number of nitrogens with zero attached hydrogens (tertiary/aromatic N) is 3. The summed E-state index contributed by atoms with van der Waals surface area (Å²) in [5, 5.41) is 6.48. The van der Waals surface area contributed by atoms with Crippen molar-refractivity contribution in [3.63, 3.8) is 0 Å². The molecule has 0 aliphatic heterocycles. The summed E-state index contributed by atoms with van der Waals surface area (Å²) in [7, 11) is 1.72. The van der Waals surface area contributed by atoms with Gasteiger partial charge in [-0.05, 0) is 43.7 Å². The van der Waals surface area contributed by atoms with Crippen molar-refractivity contribution < 1.29 is 4.39 Å². The van der Waals surface area contributed by atoms with Crippen LogP contribution in [-0.4, -0.2) is 22.6 Å². The molecule has 0 saturated heterocycles. The summed E-state index contributed by atoms with van der Waals surface area (Å²) in [6.07, 6.45) is 3.42. The van der Waals surface area contributed by atoms with Crippen LogP contribution in [0.15, 0.2) is 47.7 Å². The van der Waals surface area contributed by atoms with E-state index >= 15 is 0 Å². The minimum atomic E-state index is -0.276. The molecule has 0 atom stereocenters. The average molecular weight is 371 g/mol. The molecule has 7 heteroatoms. The number of benzene rings is 1. The quantitative estimate of drug-likeness (QED) is 0.533. The maximum absolute atomic E-state index is 14.5. The molecule has 0 saturated carbocycles. The SMILES string of the molecule is CN=C(NCc1ccc(-n2ccnc2C)c(F)c1)NCc1ccc(C)s1. The fraction of sp³-hybridized carbons (Fsp3) is 0.263. The number of nitrogens with one attached hydrogen (secondary N) is 2. The molecule has 0 spiro atoms. The van der Waals surface area contributed by atoms with Crippen LogP contribution >= 0.6 is 11.3 Å². The molecule has 3 aromatic rings. The van der Waals surface area contributed by atoms with Crippen LogP contribution in [0, 0.1) is 19.7 Å². The smallest absolute Gasteiger partial charge is 0.191 e. The molecule has 136 valence electrons. The minimum Gasteiger partial charge on any atom is -0.352 e. The monoisotopic (exact) mass is 371 g/mol. The van der Waals surface area contributed by atoms with Gasteiger partial charge in [0.05, 0.1) is 12.2 Å². The summed E-state index contributed by atoms with van der Waals surface area (Å²) in [6, 6.07) is 9.42. The zero-order chi connectivity index (χ0) is 18.5. The molecule has 5 nitrogen and oxygen atoms in total. The van der Waals surface area contributed by atoms with Gasteiger partial charge in [-0.3, -0.25) is 4.99 Å². The second-order valence-electron chi connectivity index (χ2n) is 5.92. The van der Waals surface area contributed by atoms with E-state index in [1.807, 2.05) is 13.0 Å². The molecule has 0 amide bonds. The van der Waals surface area contributed by atoms with E-state index in [0.29, 0.717) is 24.7 Å². The van der Waals surface area contributed by atoms with E-state index in [0.717, 1.165) is 11.4 Å². The molecule has 2 heterocycles. The van der Waals surface area contributed by atoms with Gasteiger partial charge in [-0.1, -0.05) is 6.07 Å². The molecule has 0 aliphatic rings. The van der Waals surface area contributed by atoms with Gasteiger partial charge in [0, 0.05) is 35.7 Å². The Bertz CT molecular complexity index is 912. The molecule has 0 radical (unpaired) electrons. The van der Waals surface area contributed by atoms with Crippen LogP contribution < -0.4 is 10.6 Å². The summed E-state index contributed by atoms with van der Waals surface area (Å²) in [6.45, 7) is 5.14. The number of hydrogen-bond donors (Lipinski definition) is 2. The van der Waals surface area contributed by atoms with E-state index in [1.165, 1.54) is 15.8 Å². The van der Waals surface area contributed by atoms with Crippen molar-refractivity contribution in [2.45, 2.75) is 26.9 Å². The van der Waals surface area contributed by atoms with Gasteiger partial charge in [-0.25, -0.2) is 9.37 Å².